The van der Waals surface area contributed by atoms with Crippen LogP contribution >= 0.6 is 0 Å². The van der Waals surface area contributed by atoms with Gasteiger partial charge in [-0.3, -0.25) is 4.79 Å². The van der Waals surface area contributed by atoms with Crippen LogP contribution in [0, 0.1) is 6.92 Å². The normalized spacial score (nSPS) is 11.8. The first-order valence-electron chi connectivity index (χ1n) is 9.08. The van der Waals surface area contributed by atoms with Crippen LogP contribution in [0.25, 0.3) is 0 Å². The van der Waals surface area contributed by atoms with Crippen molar-refractivity contribution in [2.75, 3.05) is 0 Å². The first-order chi connectivity index (χ1) is 13.5. The Labute approximate surface area is 163 Å². The number of carboxylic acids is 1. The highest BCUT2D eigenvalue weighted by Gasteiger charge is 2.23. The number of carbonyl (C=O) groups is 2. The van der Waals surface area contributed by atoms with Gasteiger partial charge in [-0.05, 0) is 49.1 Å². The lowest BCUT2D eigenvalue weighted by Gasteiger charge is -2.19. The van der Waals surface area contributed by atoms with Gasteiger partial charge < -0.3 is 19.1 Å². The maximum absolute atomic E-state index is 13.2. The van der Waals surface area contributed by atoms with Crippen LogP contribution in [0.5, 0.6) is 5.75 Å². The summed E-state index contributed by atoms with van der Waals surface area (Å²) in [5.41, 5.74) is 3.16. The highest BCUT2D eigenvalue weighted by Crippen LogP contribution is 2.29. The van der Waals surface area contributed by atoms with E-state index in [9.17, 15) is 14.7 Å². The average molecular weight is 377 g/mol. The summed E-state index contributed by atoms with van der Waals surface area (Å²) < 4.78 is 10.7. The molecule has 1 unspecified atom stereocenters. The highest BCUT2D eigenvalue weighted by atomic mass is 16.5. The summed E-state index contributed by atoms with van der Waals surface area (Å²) in [6.45, 7) is 2.25. The minimum atomic E-state index is -1.16. The first kappa shape index (κ1) is 19.4. The molecule has 0 amide bonds. The Morgan fingerprint density at radius 1 is 1.11 bits per heavy atom. The molecule has 0 bridgehead atoms. The summed E-state index contributed by atoms with van der Waals surface area (Å²) in [5, 5.41) is 11.0. The number of aliphatic carboxylic acids is 1. The molecule has 1 aromatic heterocycles. The van der Waals surface area contributed by atoms with E-state index in [1.807, 2.05) is 37.3 Å². The van der Waals surface area contributed by atoms with Gasteiger partial charge in [-0.15, -0.1) is 0 Å². The highest BCUT2D eigenvalue weighted by molar-refractivity contribution is 6.01. The Balaban J connectivity index is 1.82. The topological polar surface area (TPSA) is 79.6 Å². The van der Waals surface area contributed by atoms with Crippen LogP contribution in [0.3, 0.4) is 0 Å². The third kappa shape index (κ3) is 4.88. The molecule has 0 saturated heterocycles. The Morgan fingerprint density at radius 2 is 1.93 bits per heavy atom. The lowest BCUT2D eigenvalue weighted by atomic mass is 9.85. The van der Waals surface area contributed by atoms with Gasteiger partial charge in [0, 0.05) is 23.0 Å². The number of hydrogen-bond acceptors (Lipinski definition) is 5. The first-order valence-corrected chi connectivity index (χ1v) is 9.08. The molecule has 5 nitrogen and oxygen atoms in total. The largest absolute Gasteiger partial charge is 0.550 e. The van der Waals surface area contributed by atoms with Crippen LogP contribution in [-0.2, 0) is 11.4 Å². The second kappa shape index (κ2) is 9.04. The molecule has 0 fully saturated rings. The number of ether oxygens (including phenoxy) is 1. The smallest absolute Gasteiger partial charge is 0.170 e. The molecule has 0 spiro atoms. The van der Waals surface area contributed by atoms with E-state index in [-0.39, 0.29) is 18.6 Å². The van der Waals surface area contributed by atoms with Gasteiger partial charge in [0.2, 0.25) is 0 Å². The van der Waals surface area contributed by atoms with Gasteiger partial charge >= 0.3 is 0 Å². The molecule has 0 saturated carbocycles. The van der Waals surface area contributed by atoms with Crippen LogP contribution in [-0.4, -0.2) is 11.8 Å². The predicted molar refractivity (Wildman–Crippen MR) is 102 cm³/mol. The van der Waals surface area contributed by atoms with Crippen molar-refractivity contribution < 1.29 is 23.8 Å². The number of Topliss-reactive ketones (excluding diaryl/α,β-unsaturated/α-hetero) is 1. The number of benzene rings is 2. The van der Waals surface area contributed by atoms with Crippen molar-refractivity contribution in [3.05, 3.63) is 89.4 Å². The third-order valence-corrected chi connectivity index (χ3v) is 4.62. The Kier molecular flexibility index (Phi) is 6.27. The Morgan fingerprint density at radius 3 is 2.64 bits per heavy atom. The van der Waals surface area contributed by atoms with Gasteiger partial charge in [-0.1, -0.05) is 36.4 Å². The fraction of sp³-hybridized carbons (Fsp3) is 0.217. The Hall–Kier alpha value is -3.34. The summed E-state index contributed by atoms with van der Waals surface area (Å²) >= 11 is 0. The molecule has 0 radical (unpaired) electrons. The molecule has 2 aromatic carbocycles. The number of aryl methyl sites for hydroxylation is 1. The molecule has 3 rings (SSSR count). The predicted octanol–water partition coefficient (Wildman–Crippen LogP) is 3.66. The molecule has 144 valence electrons. The average Bonchev–Trinajstić information content (AvgIpc) is 3.21. The summed E-state index contributed by atoms with van der Waals surface area (Å²) in [4.78, 5) is 24.2. The fourth-order valence-corrected chi connectivity index (χ4v) is 3.15. The van der Waals surface area contributed by atoms with E-state index in [1.54, 1.807) is 36.8 Å². The maximum Gasteiger partial charge on any atom is 0.170 e. The molecule has 3 aromatic rings. The molecule has 0 aliphatic heterocycles. The molecule has 1 atom stereocenters. The standard InChI is InChI=1S/C23H22O5/c1-16-5-2-3-8-20(16)21(9-10-22(24)25)23(26)18-6-4-7-19(13-18)28-15-17-11-12-27-14-17/h2-8,11-14,21H,9-10,15H2,1H3,(H,24,25)/p-1. The van der Waals surface area contributed by atoms with E-state index < -0.39 is 11.9 Å². The molecule has 1 heterocycles. The van der Waals surface area contributed by atoms with E-state index in [2.05, 4.69) is 0 Å². The molecule has 0 N–H and O–H groups in total. The zero-order valence-electron chi connectivity index (χ0n) is 15.6. The Bertz CT molecular complexity index is 943. The monoisotopic (exact) mass is 377 g/mol. The van der Waals surface area contributed by atoms with E-state index in [0.717, 1.165) is 16.7 Å². The zero-order chi connectivity index (χ0) is 19.9. The minimum absolute atomic E-state index is 0.135. The number of rotatable bonds is 9. The van der Waals surface area contributed by atoms with Crippen molar-refractivity contribution in [1.29, 1.82) is 0 Å². The lowest BCUT2D eigenvalue weighted by Crippen LogP contribution is -2.24. The SMILES string of the molecule is Cc1ccccc1C(CCC(=O)[O-])C(=O)c1cccc(OCc2ccoc2)c1. The molecule has 0 aliphatic rings. The van der Waals surface area contributed by atoms with E-state index in [4.69, 9.17) is 9.15 Å². The second-order valence-electron chi connectivity index (χ2n) is 6.63. The van der Waals surface area contributed by atoms with Crippen molar-refractivity contribution in [3.63, 3.8) is 0 Å². The van der Waals surface area contributed by atoms with E-state index in [0.29, 0.717) is 17.9 Å². The number of carboxylic acid groups (broad SMARTS) is 1. The van der Waals surface area contributed by atoms with E-state index >= 15 is 0 Å². The summed E-state index contributed by atoms with van der Waals surface area (Å²) in [6.07, 6.45) is 3.18. The van der Waals surface area contributed by atoms with Gasteiger partial charge in [0.05, 0.1) is 12.5 Å². The quantitative estimate of drug-likeness (QED) is 0.532. The van der Waals surface area contributed by atoms with E-state index in [1.165, 1.54) is 0 Å². The van der Waals surface area contributed by atoms with Gasteiger partial charge in [0.15, 0.2) is 5.78 Å². The lowest BCUT2D eigenvalue weighted by molar-refractivity contribution is -0.305. The molecular formula is C23H21O5-. The van der Waals surface area contributed by atoms with Gasteiger partial charge in [-0.25, -0.2) is 0 Å². The number of carbonyl (C=O) groups excluding carboxylic acids is 2. The summed E-state index contributed by atoms with van der Waals surface area (Å²) in [7, 11) is 0. The van der Waals surface area contributed by atoms with Crippen molar-refractivity contribution in [2.45, 2.75) is 32.3 Å². The van der Waals surface area contributed by atoms with Crippen LogP contribution in [0.15, 0.2) is 71.5 Å². The van der Waals surface area contributed by atoms with Crippen LogP contribution in [0.4, 0.5) is 0 Å². The molecule has 5 heteroatoms. The van der Waals surface area contributed by atoms with Crippen LogP contribution < -0.4 is 9.84 Å². The molecule has 0 aliphatic carbocycles. The van der Waals surface area contributed by atoms with Crippen molar-refractivity contribution >= 4 is 11.8 Å². The van der Waals surface area contributed by atoms with Crippen molar-refractivity contribution in [1.82, 2.24) is 0 Å². The molecular weight excluding hydrogens is 356 g/mol. The fourth-order valence-electron chi connectivity index (χ4n) is 3.15. The van der Waals surface area contributed by atoms with Gasteiger partial charge in [0.25, 0.3) is 0 Å². The van der Waals surface area contributed by atoms with Crippen LogP contribution in [0.1, 0.15) is 45.8 Å². The second-order valence-corrected chi connectivity index (χ2v) is 6.63. The number of furan rings is 1. The zero-order valence-corrected chi connectivity index (χ0v) is 15.6. The number of ketones is 1. The van der Waals surface area contributed by atoms with Crippen molar-refractivity contribution in [2.24, 2.45) is 0 Å². The number of hydrogen-bond donors (Lipinski definition) is 0. The maximum atomic E-state index is 13.2. The molecule has 28 heavy (non-hydrogen) atoms. The van der Waals surface area contributed by atoms with Crippen LogP contribution in [0.2, 0.25) is 0 Å². The third-order valence-electron chi connectivity index (χ3n) is 4.62. The van der Waals surface area contributed by atoms with Crippen molar-refractivity contribution in [3.8, 4) is 5.75 Å². The van der Waals surface area contributed by atoms with Gasteiger partial charge in [0.1, 0.15) is 12.4 Å². The minimum Gasteiger partial charge on any atom is -0.550 e. The summed E-state index contributed by atoms with van der Waals surface area (Å²) in [6, 6.07) is 16.3. The summed E-state index contributed by atoms with van der Waals surface area (Å²) in [5.74, 6) is -1.29. The van der Waals surface area contributed by atoms with Gasteiger partial charge in [-0.2, -0.15) is 0 Å².